The van der Waals surface area contributed by atoms with Crippen LogP contribution in [0.3, 0.4) is 0 Å². The van der Waals surface area contributed by atoms with E-state index >= 15 is 0 Å². The van der Waals surface area contributed by atoms with Crippen molar-refractivity contribution in [3.8, 4) is 0 Å². The Morgan fingerprint density at radius 2 is 2.14 bits per heavy atom. The van der Waals surface area contributed by atoms with Gasteiger partial charge in [-0.25, -0.2) is 14.9 Å². The van der Waals surface area contributed by atoms with Crippen molar-refractivity contribution in [1.82, 2.24) is 4.90 Å². The Balaban J connectivity index is 2.23. The normalized spacial score (nSPS) is 22.2. The molecule has 3 rings (SSSR count). The molecule has 0 aromatic heterocycles. The number of halogens is 1. The molecule has 6 heteroatoms. The lowest BCUT2D eigenvalue weighted by atomic mass is 10.3. The van der Waals surface area contributed by atoms with Gasteiger partial charge in [0.15, 0.2) is 0 Å². The van der Waals surface area contributed by atoms with E-state index in [1.165, 1.54) is 0 Å². The van der Waals surface area contributed by atoms with Crippen LogP contribution < -0.4 is 0 Å². The van der Waals surface area contributed by atoms with Crippen LogP contribution >= 0.6 is 11.6 Å². The minimum absolute atomic E-state index is 0.156. The maximum atomic E-state index is 5.72. The molecule has 68 valence electrons. The molecule has 5 nitrogen and oxygen atoms in total. The van der Waals surface area contributed by atoms with Crippen LogP contribution in [0.25, 0.3) is 0 Å². The summed E-state index contributed by atoms with van der Waals surface area (Å²) in [5.41, 5.74) is 0.941. The van der Waals surface area contributed by atoms with E-state index < -0.39 is 0 Å². The Bertz CT molecular complexity index is 478. The Labute approximate surface area is 84.5 Å². The smallest absolute Gasteiger partial charge is 0.239 e. The van der Waals surface area contributed by atoms with E-state index in [-0.39, 0.29) is 5.29 Å². The predicted octanol–water partition coefficient (Wildman–Crippen LogP) is 1.10. The van der Waals surface area contributed by atoms with Gasteiger partial charge in [-0.1, -0.05) is 0 Å². The van der Waals surface area contributed by atoms with E-state index in [2.05, 4.69) is 20.0 Å². The van der Waals surface area contributed by atoms with Crippen LogP contribution in [0.4, 0.5) is 0 Å². The summed E-state index contributed by atoms with van der Waals surface area (Å²) in [6, 6.07) is 0. The van der Waals surface area contributed by atoms with E-state index in [1.54, 1.807) is 17.3 Å². The van der Waals surface area contributed by atoms with Crippen molar-refractivity contribution in [2.24, 2.45) is 20.0 Å². The van der Waals surface area contributed by atoms with E-state index in [0.29, 0.717) is 11.9 Å². The number of allylic oxidation sites excluding steroid dienone is 2. The van der Waals surface area contributed by atoms with Gasteiger partial charge in [0.2, 0.25) is 17.2 Å². The van der Waals surface area contributed by atoms with Gasteiger partial charge in [-0.15, -0.1) is 0 Å². The van der Waals surface area contributed by atoms with Gasteiger partial charge in [-0.2, -0.15) is 9.98 Å². The zero-order valence-electron chi connectivity index (χ0n) is 6.92. The molecule has 0 unspecified atom stereocenters. The standard InChI is InChI=1S/C8H4ClN5/c9-6-12-7-10-3-1-5-2-4-11-8(13-6)14(5)7/h1-4H. The minimum Gasteiger partial charge on any atom is -0.246 e. The van der Waals surface area contributed by atoms with Gasteiger partial charge < -0.3 is 0 Å². The molecule has 0 saturated carbocycles. The molecule has 0 bridgehead atoms. The van der Waals surface area contributed by atoms with Crippen LogP contribution in [0.2, 0.25) is 0 Å². The quantitative estimate of drug-likeness (QED) is 0.547. The maximum Gasteiger partial charge on any atom is 0.239 e. The second-order valence-corrected chi connectivity index (χ2v) is 3.08. The Morgan fingerprint density at radius 3 is 3.07 bits per heavy atom. The van der Waals surface area contributed by atoms with E-state index in [9.17, 15) is 0 Å². The fourth-order valence-electron chi connectivity index (χ4n) is 1.35. The van der Waals surface area contributed by atoms with Crippen LogP contribution in [0, 0.1) is 0 Å². The lowest BCUT2D eigenvalue weighted by molar-refractivity contribution is 0.736. The molecule has 0 amide bonds. The average Bonchev–Trinajstić information content (AvgIpc) is 2.18. The van der Waals surface area contributed by atoms with Crippen molar-refractivity contribution in [1.29, 1.82) is 0 Å². The van der Waals surface area contributed by atoms with Gasteiger partial charge in [-0.05, 0) is 23.8 Å². The monoisotopic (exact) mass is 205 g/mol. The number of nitrogens with zero attached hydrogens (tertiary/aromatic N) is 5. The topological polar surface area (TPSA) is 52.7 Å². The van der Waals surface area contributed by atoms with Crippen molar-refractivity contribution >= 4 is 35.0 Å². The molecule has 0 radical (unpaired) electrons. The van der Waals surface area contributed by atoms with Crippen molar-refractivity contribution in [2.45, 2.75) is 0 Å². The first-order valence-electron chi connectivity index (χ1n) is 3.96. The van der Waals surface area contributed by atoms with Crippen LogP contribution in [-0.2, 0) is 0 Å². The first kappa shape index (κ1) is 7.64. The highest BCUT2D eigenvalue weighted by Crippen LogP contribution is 2.20. The third-order valence-corrected chi connectivity index (χ3v) is 2.08. The predicted molar refractivity (Wildman–Crippen MR) is 55.7 cm³/mol. The molecule has 0 aromatic rings. The van der Waals surface area contributed by atoms with E-state index in [1.807, 2.05) is 12.2 Å². The van der Waals surface area contributed by atoms with Gasteiger partial charge in [0, 0.05) is 12.4 Å². The molecule has 3 aliphatic heterocycles. The lowest BCUT2D eigenvalue weighted by Gasteiger charge is -2.28. The van der Waals surface area contributed by atoms with Crippen LogP contribution in [-0.4, -0.2) is 28.3 Å². The summed E-state index contributed by atoms with van der Waals surface area (Å²) < 4.78 is 0. The number of rotatable bonds is 0. The molecule has 3 aliphatic rings. The molecule has 0 N–H and O–H groups in total. The summed E-state index contributed by atoms with van der Waals surface area (Å²) in [5, 5.41) is 0.156. The van der Waals surface area contributed by atoms with Crippen LogP contribution in [0.1, 0.15) is 0 Å². The fourth-order valence-corrected chi connectivity index (χ4v) is 1.50. The highest BCUT2D eigenvalue weighted by molar-refractivity contribution is 6.67. The highest BCUT2D eigenvalue weighted by atomic mass is 35.5. The third-order valence-electron chi connectivity index (χ3n) is 1.91. The zero-order chi connectivity index (χ0) is 9.54. The first-order chi connectivity index (χ1) is 6.84. The number of amidine groups is 1. The van der Waals surface area contributed by atoms with Gasteiger partial charge in [0.1, 0.15) is 0 Å². The molecule has 0 aliphatic carbocycles. The van der Waals surface area contributed by atoms with Crippen molar-refractivity contribution in [3.63, 3.8) is 0 Å². The Hall–Kier alpha value is -1.75. The molecule has 14 heavy (non-hydrogen) atoms. The van der Waals surface area contributed by atoms with Crippen LogP contribution in [0.5, 0.6) is 0 Å². The number of hydrogen-bond donors (Lipinski definition) is 0. The fraction of sp³-hybridized carbons (Fsp3) is 0. The number of guanidine groups is 2. The Morgan fingerprint density at radius 1 is 1.21 bits per heavy atom. The summed E-state index contributed by atoms with van der Waals surface area (Å²) in [6.07, 6.45) is 7.07. The number of hydrogen-bond acceptors (Lipinski definition) is 5. The van der Waals surface area contributed by atoms with E-state index in [0.717, 1.165) is 5.70 Å². The van der Waals surface area contributed by atoms with Gasteiger partial charge in [0.25, 0.3) is 0 Å². The molecular formula is C8H4ClN5. The molecule has 0 saturated heterocycles. The summed E-state index contributed by atoms with van der Waals surface area (Å²) in [6.45, 7) is 0. The third kappa shape index (κ3) is 0.958. The largest absolute Gasteiger partial charge is 0.246 e. The first-order valence-corrected chi connectivity index (χ1v) is 4.34. The lowest BCUT2D eigenvalue weighted by Crippen LogP contribution is -2.39. The van der Waals surface area contributed by atoms with Crippen molar-refractivity contribution in [3.05, 3.63) is 24.0 Å². The van der Waals surface area contributed by atoms with Gasteiger partial charge >= 0.3 is 0 Å². The molecule has 0 fully saturated rings. The molecule has 0 atom stereocenters. The number of aliphatic imine (C=N–C) groups is 4. The SMILES string of the molecule is ClC1=NC2=NC=CC3=CC=NC(=N1)N32. The second-order valence-electron chi connectivity index (χ2n) is 2.74. The van der Waals surface area contributed by atoms with Crippen molar-refractivity contribution in [2.75, 3.05) is 0 Å². The molecule has 0 aromatic carbocycles. The summed E-state index contributed by atoms with van der Waals surface area (Å²) in [5.74, 6) is 1.01. The molecule has 3 heterocycles. The molecular weight excluding hydrogens is 202 g/mol. The minimum atomic E-state index is 0.156. The highest BCUT2D eigenvalue weighted by Gasteiger charge is 2.27. The van der Waals surface area contributed by atoms with Gasteiger partial charge in [-0.3, -0.25) is 0 Å². The summed E-state index contributed by atoms with van der Waals surface area (Å²) in [4.78, 5) is 17.9. The second kappa shape index (κ2) is 2.62. The van der Waals surface area contributed by atoms with Crippen LogP contribution in [0.15, 0.2) is 44.0 Å². The van der Waals surface area contributed by atoms with Crippen molar-refractivity contribution < 1.29 is 0 Å². The summed E-state index contributed by atoms with van der Waals surface area (Å²) in [7, 11) is 0. The molecule has 0 spiro atoms. The average molecular weight is 206 g/mol. The zero-order valence-corrected chi connectivity index (χ0v) is 7.68. The maximum absolute atomic E-state index is 5.72. The summed E-state index contributed by atoms with van der Waals surface area (Å²) >= 11 is 5.72. The Kier molecular flexibility index (Phi) is 1.43. The van der Waals surface area contributed by atoms with E-state index in [4.69, 9.17) is 11.6 Å². The van der Waals surface area contributed by atoms with Gasteiger partial charge in [0.05, 0.1) is 5.70 Å².